The molecule has 16 heavy (non-hydrogen) atoms. The third-order valence-electron chi connectivity index (χ3n) is 3.88. The summed E-state index contributed by atoms with van der Waals surface area (Å²) in [5.74, 6) is 0.712. The predicted molar refractivity (Wildman–Crippen MR) is 66.7 cm³/mol. The molecule has 0 saturated heterocycles. The second kappa shape index (κ2) is 6.58. The van der Waals surface area contributed by atoms with E-state index in [1.165, 1.54) is 6.42 Å². The van der Waals surface area contributed by atoms with Gasteiger partial charge in [0.2, 0.25) is 0 Å². The summed E-state index contributed by atoms with van der Waals surface area (Å²) in [5, 5.41) is 3.65. The van der Waals surface area contributed by atoms with Gasteiger partial charge in [0.25, 0.3) is 0 Å². The van der Waals surface area contributed by atoms with Crippen LogP contribution in [-0.4, -0.2) is 38.0 Å². The van der Waals surface area contributed by atoms with Crippen molar-refractivity contribution in [2.45, 2.75) is 64.8 Å². The topological polar surface area (TPSA) is 30.5 Å². The molecule has 0 bridgehead atoms. The minimum Gasteiger partial charge on any atom is -0.377 e. The quantitative estimate of drug-likeness (QED) is 0.726. The Hall–Kier alpha value is -0.120. The highest BCUT2D eigenvalue weighted by atomic mass is 16.5. The predicted octanol–water partition coefficient (Wildman–Crippen LogP) is 2.20. The van der Waals surface area contributed by atoms with E-state index in [1.807, 2.05) is 6.92 Å². The van der Waals surface area contributed by atoms with Crippen molar-refractivity contribution in [3.63, 3.8) is 0 Å². The second-order valence-electron chi connectivity index (χ2n) is 4.88. The van der Waals surface area contributed by atoms with Crippen molar-refractivity contribution in [3.8, 4) is 0 Å². The van der Waals surface area contributed by atoms with E-state index in [2.05, 4.69) is 26.1 Å². The summed E-state index contributed by atoms with van der Waals surface area (Å²) in [7, 11) is 1.78. The van der Waals surface area contributed by atoms with Crippen LogP contribution in [0.2, 0.25) is 0 Å². The molecule has 0 aromatic heterocycles. The highest BCUT2D eigenvalue weighted by molar-refractivity contribution is 4.98. The van der Waals surface area contributed by atoms with Gasteiger partial charge in [-0.25, -0.2) is 0 Å². The molecule has 0 radical (unpaired) electrons. The Morgan fingerprint density at radius 1 is 1.31 bits per heavy atom. The minimum atomic E-state index is 0.228. The van der Waals surface area contributed by atoms with Gasteiger partial charge in [-0.05, 0) is 26.2 Å². The summed E-state index contributed by atoms with van der Waals surface area (Å²) in [5.41, 5.74) is 0. The molecule has 0 spiro atoms. The van der Waals surface area contributed by atoms with E-state index >= 15 is 0 Å². The van der Waals surface area contributed by atoms with Crippen LogP contribution in [0.3, 0.4) is 0 Å². The van der Waals surface area contributed by atoms with Crippen LogP contribution in [-0.2, 0) is 9.47 Å². The first kappa shape index (κ1) is 13.9. The smallest absolute Gasteiger partial charge is 0.0986 e. The maximum atomic E-state index is 5.61. The van der Waals surface area contributed by atoms with Gasteiger partial charge in [0.05, 0.1) is 12.2 Å². The Morgan fingerprint density at radius 2 is 2.00 bits per heavy atom. The molecule has 0 aromatic rings. The first-order valence-electron chi connectivity index (χ1n) is 6.54. The van der Waals surface area contributed by atoms with Gasteiger partial charge in [0.15, 0.2) is 0 Å². The fourth-order valence-electron chi connectivity index (χ4n) is 2.29. The van der Waals surface area contributed by atoms with Crippen molar-refractivity contribution in [3.05, 3.63) is 0 Å². The van der Waals surface area contributed by atoms with Crippen LogP contribution in [0.25, 0.3) is 0 Å². The van der Waals surface area contributed by atoms with Crippen LogP contribution in [0, 0.1) is 5.92 Å². The fourth-order valence-corrected chi connectivity index (χ4v) is 2.29. The molecule has 1 fully saturated rings. The maximum absolute atomic E-state index is 5.61. The Morgan fingerprint density at radius 3 is 2.50 bits per heavy atom. The van der Waals surface area contributed by atoms with E-state index < -0.39 is 0 Å². The summed E-state index contributed by atoms with van der Waals surface area (Å²) in [4.78, 5) is 0. The molecule has 1 rings (SSSR count). The molecular formula is C13H27NO2. The molecule has 0 aromatic carbocycles. The number of hydrogen-bond acceptors (Lipinski definition) is 3. The van der Waals surface area contributed by atoms with Gasteiger partial charge in [-0.3, -0.25) is 0 Å². The molecule has 1 aliphatic rings. The number of hydrogen-bond donors (Lipinski definition) is 1. The summed E-state index contributed by atoms with van der Waals surface area (Å²) in [6.07, 6.45) is 2.81. The molecule has 5 unspecified atom stereocenters. The molecule has 0 aliphatic heterocycles. The first-order valence-corrected chi connectivity index (χ1v) is 6.54. The van der Waals surface area contributed by atoms with Gasteiger partial charge in [0, 0.05) is 25.8 Å². The molecule has 1 saturated carbocycles. The Balaban J connectivity index is 2.34. The van der Waals surface area contributed by atoms with E-state index in [0.717, 1.165) is 13.0 Å². The molecule has 0 heterocycles. The van der Waals surface area contributed by atoms with Crippen molar-refractivity contribution in [2.75, 3.05) is 13.7 Å². The lowest BCUT2D eigenvalue weighted by atomic mass is 9.83. The van der Waals surface area contributed by atoms with Crippen molar-refractivity contribution >= 4 is 0 Å². The zero-order chi connectivity index (χ0) is 12.1. The third kappa shape index (κ3) is 3.19. The zero-order valence-electron chi connectivity index (χ0n) is 11.3. The Bertz CT molecular complexity index is 198. The van der Waals surface area contributed by atoms with E-state index in [4.69, 9.17) is 9.47 Å². The van der Waals surface area contributed by atoms with E-state index in [0.29, 0.717) is 18.0 Å². The molecule has 0 amide bonds. The average Bonchev–Trinajstić information content (AvgIpc) is 2.26. The molecular weight excluding hydrogens is 202 g/mol. The van der Waals surface area contributed by atoms with Crippen LogP contribution < -0.4 is 5.32 Å². The van der Waals surface area contributed by atoms with E-state index in [-0.39, 0.29) is 12.2 Å². The monoisotopic (exact) mass is 229 g/mol. The lowest BCUT2D eigenvalue weighted by Gasteiger charge is -2.45. The number of rotatable bonds is 7. The molecule has 96 valence electrons. The second-order valence-corrected chi connectivity index (χ2v) is 4.88. The minimum absolute atomic E-state index is 0.228. The highest BCUT2D eigenvalue weighted by Crippen LogP contribution is 2.28. The van der Waals surface area contributed by atoms with Gasteiger partial charge in [0.1, 0.15) is 0 Å². The first-order chi connectivity index (χ1) is 7.63. The summed E-state index contributed by atoms with van der Waals surface area (Å²) in [6, 6.07) is 1.01. The molecule has 1 aliphatic carbocycles. The SMILES string of the molecule is CCOC1CC(NC(C)C(C)CC)C1OC. The lowest BCUT2D eigenvalue weighted by Crippen LogP contribution is -2.62. The van der Waals surface area contributed by atoms with Crippen LogP contribution >= 0.6 is 0 Å². The highest BCUT2D eigenvalue weighted by Gasteiger charge is 2.42. The molecule has 5 atom stereocenters. The average molecular weight is 229 g/mol. The third-order valence-corrected chi connectivity index (χ3v) is 3.88. The van der Waals surface area contributed by atoms with Crippen molar-refractivity contribution in [1.82, 2.24) is 5.32 Å². The largest absolute Gasteiger partial charge is 0.377 e. The standard InChI is InChI=1S/C13H27NO2/c1-6-9(3)10(4)14-11-8-12(16-7-2)13(11)15-5/h9-14H,6-8H2,1-5H3. The van der Waals surface area contributed by atoms with E-state index in [9.17, 15) is 0 Å². The van der Waals surface area contributed by atoms with Gasteiger partial charge >= 0.3 is 0 Å². The van der Waals surface area contributed by atoms with Crippen LogP contribution in [0.1, 0.15) is 40.5 Å². The molecule has 3 heteroatoms. The van der Waals surface area contributed by atoms with Gasteiger partial charge in [-0.1, -0.05) is 20.3 Å². The normalized spacial score (nSPS) is 33.2. The number of nitrogens with one attached hydrogen (secondary N) is 1. The summed E-state index contributed by atoms with van der Waals surface area (Å²) in [6.45, 7) is 9.60. The fraction of sp³-hybridized carbons (Fsp3) is 1.00. The summed E-state index contributed by atoms with van der Waals surface area (Å²) < 4.78 is 11.1. The number of ether oxygens (including phenoxy) is 2. The lowest BCUT2D eigenvalue weighted by molar-refractivity contribution is -0.133. The number of methoxy groups -OCH3 is 1. The Kier molecular flexibility index (Phi) is 5.73. The van der Waals surface area contributed by atoms with Gasteiger partial charge < -0.3 is 14.8 Å². The van der Waals surface area contributed by atoms with Gasteiger partial charge in [-0.15, -0.1) is 0 Å². The van der Waals surface area contributed by atoms with Crippen LogP contribution in [0.4, 0.5) is 0 Å². The van der Waals surface area contributed by atoms with E-state index in [1.54, 1.807) is 7.11 Å². The molecule has 3 nitrogen and oxygen atoms in total. The summed E-state index contributed by atoms with van der Waals surface area (Å²) >= 11 is 0. The van der Waals surface area contributed by atoms with Crippen molar-refractivity contribution < 1.29 is 9.47 Å². The van der Waals surface area contributed by atoms with Gasteiger partial charge in [-0.2, -0.15) is 0 Å². The van der Waals surface area contributed by atoms with Crippen LogP contribution in [0.15, 0.2) is 0 Å². The Labute approximate surface area is 99.9 Å². The maximum Gasteiger partial charge on any atom is 0.0986 e. The molecule has 1 N–H and O–H groups in total. The van der Waals surface area contributed by atoms with Crippen molar-refractivity contribution in [2.24, 2.45) is 5.92 Å². The van der Waals surface area contributed by atoms with Crippen LogP contribution in [0.5, 0.6) is 0 Å². The zero-order valence-corrected chi connectivity index (χ0v) is 11.3. The van der Waals surface area contributed by atoms with Crippen molar-refractivity contribution in [1.29, 1.82) is 0 Å².